The lowest BCUT2D eigenvalue weighted by Gasteiger charge is -2.17. The van der Waals surface area contributed by atoms with Crippen LogP contribution in [0.15, 0.2) is 48.5 Å². The molecule has 2 amide bonds. The lowest BCUT2D eigenvalue weighted by atomic mass is 9.98. The van der Waals surface area contributed by atoms with Gasteiger partial charge in [0.1, 0.15) is 11.7 Å². The Morgan fingerprint density at radius 1 is 1.03 bits per heavy atom. The number of aryl methyl sites for hydroxylation is 2. The molecule has 7 nitrogen and oxygen atoms in total. The van der Waals surface area contributed by atoms with Gasteiger partial charge in [-0.15, -0.1) is 0 Å². The molecule has 0 bridgehead atoms. The molecule has 148 valence electrons. The second-order valence-corrected chi connectivity index (χ2v) is 7.31. The molecular weight excluding hydrogens is 388 g/mol. The molecule has 0 spiro atoms. The van der Waals surface area contributed by atoms with Gasteiger partial charge in [-0.3, -0.25) is 14.4 Å². The molecule has 3 rings (SSSR count). The fourth-order valence-electron chi connectivity index (χ4n) is 3.15. The van der Waals surface area contributed by atoms with E-state index in [1.54, 1.807) is 0 Å². The highest BCUT2D eigenvalue weighted by Crippen LogP contribution is 2.21. The summed E-state index contributed by atoms with van der Waals surface area (Å²) in [4.78, 5) is 36.7. The fourth-order valence-corrected chi connectivity index (χ4v) is 3.72. The van der Waals surface area contributed by atoms with E-state index >= 15 is 0 Å². The van der Waals surface area contributed by atoms with Crippen LogP contribution in [0.2, 0.25) is 0 Å². The number of nitrogens with one attached hydrogen (secondary N) is 1. The van der Waals surface area contributed by atoms with Crippen LogP contribution in [-0.2, 0) is 16.0 Å². The van der Waals surface area contributed by atoms with E-state index in [1.165, 1.54) is 0 Å². The maximum atomic E-state index is 12.9. The van der Waals surface area contributed by atoms with Crippen LogP contribution in [0.4, 0.5) is 0 Å². The second-order valence-electron chi connectivity index (χ2n) is 6.78. The third-order valence-electron chi connectivity index (χ3n) is 4.34. The van der Waals surface area contributed by atoms with Gasteiger partial charge in [0, 0.05) is 12.0 Å². The lowest BCUT2D eigenvalue weighted by Crippen LogP contribution is -2.47. The number of rotatable bonds is 7. The van der Waals surface area contributed by atoms with Crippen molar-refractivity contribution in [3.8, 4) is 11.3 Å². The summed E-state index contributed by atoms with van der Waals surface area (Å²) in [5.41, 5.74) is 9.32. The minimum atomic E-state index is -1.10. The van der Waals surface area contributed by atoms with Crippen molar-refractivity contribution >= 4 is 29.3 Å². The summed E-state index contributed by atoms with van der Waals surface area (Å²) < 4.78 is 8.27. The summed E-state index contributed by atoms with van der Waals surface area (Å²) in [5.74, 6) is -2.54. The zero-order chi connectivity index (χ0) is 21.0. The molecule has 0 fully saturated rings. The number of primary amides is 1. The van der Waals surface area contributed by atoms with Crippen molar-refractivity contribution in [2.45, 2.75) is 26.3 Å². The van der Waals surface area contributed by atoms with Crippen molar-refractivity contribution in [1.29, 1.82) is 0 Å². The zero-order valence-electron chi connectivity index (χ0n) is 16.0. The Morgan fingerprint density at radius 3 is 2.31 bits per heavy atom. The summed E-state index contributed by atoms with van der Waals surface area (Å²) in [6.45, 7) is 3.88. The largest absolute Gasteiger partial charge is 0.363 e. The number of nitrogens with zero attached hydrogens (tertiary/aromatic N) is 2. The smallest absolute Gasteiger partial charge is 0.287 e. The lowest BCUT2D eigenvalue weighted by molar-refractivity contribution is -0.137. The third-order valence-corrected chi connectivity index (χ3v) is 4.87. The van der Waals surface area contributed by atoms with Crippen LogP contribution < -0.4 is 11.1 Å². The van der Waals surface area contributed by atoms with Crippen molar-refractivity contribution in [3.63, 3.8) is 0 Å². The van der Waals surface area contributed by atoms with Gasteiger partial charge in [0.15, 0.2) is 5.69 Å². The molecule has 0 radical (unpaired) electrons. The van der Waals surface area contributed by atoms with Gasteiger partial charge in [-0.25, -0.2) is 0 Å². The van der Waals surface area contributed by atoms with Crippen LogP contribution in [-0.4, -0.2) is 32.4 Å². The number of ketones is 1. The molecule has 0 aliphatic heterocycles. The number of carbonyl (C=O) groups is 3. The highest BCUT2D eigenvalue weighted by atomic mass is 32.1. The minimum absolute atomic E-state index is 0.101. The molecule has 0 saturated carbocycles. The van der Waals surface area contributed by atoms with E-state index in [0.717, 1.165) is 34.0 Å². The van der Waals surface area contributed by atoms with Gasteiger partial charge in [-0.1, -0.05) is 59.7 Å². The van der Waals surface area contributed by atoms with Crippen molar-refractivity contribution in [2.24, 2.45) is 5.73 Å². The first-order valence-electron chi connectivity index (χ1n) is 8.95. The average molecular weight is 408 g/mol. The normalized spacial score (nSPS) is 11.7. The highest BCUT2D eigenvalue weighted by molar-refractivity contribution is 6.99. The maximum Gasteiger partial charge on any atom is 0.287 e. The Morgan fingerprint density at radius 2 is 1.69 bits per heavy atom. The van der Waals surface area contributed by atoms with E-state index in [0.29, 0.717) is 5.69 Å². The molecule has 3 aromatic rings. The molecule has 0 aliphatic carbocycles. The van der Waals surface area contributed by atoms with Crippen molar-refractivity contribution < 1.29 is 14.4 Å². The number of carbonyl (C=O) groups excluding carboxylic acids is 3. The van der Waals surface area contributed by atoms with Gasteiger partial charge >= 0.3 is 0 Å². The van der Waals surface area contributed by atoms with Gasteiger partial charge in [0.25, 0.3) is 11.8 Å². The molecule has 29 heavy (non-hydrogen) atoms. The van der Waals surface area contributed by atoms with Crippen molar-refractivity contribution in [2.75, 3.05) is 0 Å². The predicted molar refractivity (Wildman–Crippen MR) is 110 cm³/mol. The molecule has 8 heteroatoms. The summed E-state index contributed by atoms with van der Waals surface area (Å²) in [5, 5.41) is 2.61. The van der Waals surface area contributed by atoms with E-state index in [-0.39, 0.29) is 12.1 Å². The Kier molecular flexibility index (Phi) is 6.13. The molecule has 1 unspecified atom stereocenters. The van der Waals surface area contributed by atoms with Gasteiger partial charge in [-0.2, -0.15) is 8.75 Å². The monoisotopic (exact) mass is 408 g/mol. The van der Waals surface area contributed by atoms with Crippen LogP contribution in [0.25, 0.3) is 11.3 Å². The molecule has 2 aromatic carbocycles. The number of amides is 2. The molecule has 1 heterocycles. The Bertz CT molecular complexity index is 1040. The number of Topliss-reactive ketones (excluding diaryl/α,β-unsaturated/α-hetero) is 1. The molecule has 1 atom stereocenters. The number of hydrogen-bond acceptors (Lipinski definition) is 6. The number of hydrogen-bond donors (Lipinski definition) is 2. The van der Waals surface area contributed by atoms with Gasteiger partial charge in [0.05, 0.1) is 11.7 Å². The molecule has 0 aliphatic rings. The summed E-state index contributed by atoms with van der Waals surface area (Å²) in [6.07, 6.45) is 0.147. The first-order chi connectivity index (χ1) is 13.8. The van der Waals surface area contributed by atoms with Crippen molar-refractivity contribution in [3.05, 3.63) is 70.9 Å². The Hall–Kier alpha value is -3.39. The van der Waals surface area contributed by atoms with E-state index in [9.17, 15) is 14.4 Å². The van der Waals surface area contributed by atoms with Crippen LogP contribution >= 0.6 is 11.7 Å². The van der Waals surface area contributed by atoms with Gasteiger partial charge in [0.2, 0.25) is 5.78 Å². The van der Waals surface area contributed by atoms with E-state index in [1.807, 2.05) is 62.4 Å². The number of nitrogens with two attached hydrogens (primary N) is 1. The van der Waals surface area contributed by atoms with Crippen molar-refractivity contribution in [1.82, 2.24) is 14.1 Å². The average Bonchev–Trinajstić information content (AvgIpc) is 3.16. The highest BCUT2D eigenvalue weighted by Gasteiger charge is 2.28. The van der Waals surface area contributed by atoms with Crippen LogP contribution in [0.3, 0.4) is 0 Å². The summed E-state index contributed by atoms with van der Waals surface area (Å²) in [6, 6.07) is 13.9. The van der Waals surface area contributed by atoms with Gasteiger partial charge in [-0.05, 0) is 19.4 Å². The molecule has 3 N–H and O–H groups in total. The first-order valence-corrected chi connectivity index (χ1v) is 9.68. The Labute approximate surface area is 172 Å². The van der Waals surface area contributed by atoms with E-state index < -0.39 is 23.6 Å². The SMILES string of the molecule is Cc1cc(C)cc(CC(NC(=O)c2nsnc2-c2ccccc2)C(=O)C(N)=O)c1. The predicted octanol–water partition coefficient (Wildman–Crippen LogP) is 2.22. The van der Waals surface area contributed by atoms with Crippen LogP contribution in [0, 0.1) is 13.8 Å². The van der Waals surface area contributed by atoms with Crippen LogP contribution in [0.5, 0.6) is 0 Å². The standard InChI is InChI=1S/C21H20N4O3S/c1-12-8-13(2)10-14(9-12)11-16(19(26)20(22)27)23-21(28)18-17(24-29-25-18)15-6-4-3-5-7-15/h3-10,16H,11H2,1-2H3,(H2,22,27)(H,23,28). The van der Waals surface area contributed by atoms with Gasteiger partial charge < -0.3 is 11.1 Å². The fraction of sp³-hybridized carbons (Fsp3) is 0.190. The minimum Gasteiger partial charge on any atom is -0.363 e. The second kappa shape index (κ2) is 8.74. The summed E-state index contributed by atoms with van der Waals surface area (Å²) in [7, 11) is 0. The van der Waals surface area contributed by atoms with E-state index in [4.69, 9.17) is 5.73 Å². The Balaban J connectivity index is 1.87. The summed E-state index contributed by atoms with van der Waals surface area (Å²) >= 11 is 0.902. The maximum absolute atomic E-state index is 12.9. The molecule has 0 saturated heterocycles. The first kappa shape index (κ1) is 20.3. The molecular formula is C21H20N4O3S. The van der Waals surface area contributed by atoms with E-state index in [2.05, 4.69) is 14.1 Å². The quantitative estimate of drug-likeness (QED) is 0.582. The number of aromatic nitrogens is 2. The zero-order valence-corrected chi connectivity index (χ0v) is 16.8. The number of benzene rings is 2. The third kappa shape index (κ3) is 4.91. The van der Waals surface area contributed by atoms with Crippen LogP contribution in [0.1, 0.15) is 27.2 Å². The molecule has 1 aromatic heterocycles. The topological polar surface area (TPSA) is 115 Å².